The molecule has 0 bridgehead atoms. The zero-order chi connectivity index (χ0) is 21.7. The first-order valence-corrected chi connectivity index (χ1v) is 10.1. The predicted molar refractivity (Wildman–Crippen MR) is 126 cm³/mol. The third-order valence-corrected chi connectivity index (χ3v) is 4.95. The highest BCUT2D eigenvalue weighted by atomic mass is 32.1. The Hall–Kier alpha value is -3.39. The van der Waals surface area contributed by atoms with E-state index in [1.807, 2.05) is 68.4 Å². The van der Waals surface area contributed by atoms with Crippen molar-refractivity contribution in [2.45, 2.75) is 26.8 Å². The minimum absolute atomic E-state index is 0.0782. The molecule has 0 aliphatic rings. The molecule has 7 nitrogen and oxygen atoms in total. The number of aromatic nitrogens is 2. The number of H-pyrrole nitrogens is 1. The largest absolute Gasteiger partial charge is 0.383 e. The van der Waals surface area contributed by atoms with Crippen LogP contribution in [0.1, 0.15) is 24.5 Å². The minimum Gasteiger partial charge on any atom is -0.383 e. The molecule has 156 valence electrons. The second kappa shape index (κ2) is 9.41. The van der Waals surface area contributed by atoms with Crippen LogP contribution in [0.4, 0.5) is 17.2 Å². The lowest BCUT2D eigenvalue weighted by atomic mass is 10.2. The van der Waals surface area contributed by atoms with Crippen molar-refractivity contribution in [3.63, 3.8) is 0 Å². The molecule has 0 saturated heterocycles. The van der Waals surface area contributed by atoms with E-state index in [4.69, 9.17) is 18.0 Å². The van der Waals surface area contributed by atoms with E-state index in [-0.39, 0.29) is 18.1 Å². The van der Waals surface area contributed by atoms with Crippen LogP contribution in [-0.4, -0.2) is 21.2 Å². The summed E-state index contributed by atoms with van der Waals surface area (Å²) < 4.78 is 1.35. The summed E-state index contributed by atoms with van der Waals surface area (Å²) in [7, 11) is 0. The standard InChI is InChI=1S/C22H25N5O2S/c1-3-12-26(22(30)24-17-11-7-8-15(2)13-17)18-19(23)27(21(29)25-20(18)28)14-16-9-5-4-6-10-16/h4-11,13H,3,12,14,23H2,1-2H3,(H,24,30)(H,25,28,29). The fourth-order valence-corrected chi connectivity index (χ4v) is 3.51. The lowest BCUT2D eigenvalue weighted by Gasteiger charge is -2.27. The van der Waals surface area contributed by atoms with E-state index in [0.717, 1.165) is 23.2 Å². The van der Waals surface area contributed by atoms with Crippen molar-refractivity contribution in [2.24, 2.45) is 0 Å². The molecule has 0 spiro atoms. The molecular formula is C22H25N5O2S. The van der Waals surface area contributed by atoms with Crippen LogP contribution < -0.4 is 27.2 Å². The first-order valence-electron chi connectivity index (χ1n) is 9.72. The predicted octanol–water partition coefficient (Wildman–Crippen LogP) is 3.09. The monoisotopic (exact) mass is 423 g/mol. The number of aromatic amines is 1. The van der Waals surface area contributed by atoms with E-state index in [9.17, 15) is 9.59 Å². The molecule has 0 unspecified atom stereocenters. The van der Waals surface area contributed by atoms with Crippen LogP contribution in [0.5, 0.6) is 0 Å². The average Bonchev–Trinajstić information content (AvgIpc) is 2.71. The van der Waals surface area contributed by atoms with Crippen LogP contribution in [-0.2, 0) is 6.54 Å². The second-order valence-corrected chi connectivity index (χ2v) is 7.40. The molecule has 0 aliphatic carbocycles. The molecule has 0 saturated carbocycles. The Morgan fingerprint density at radius 1 is 1.17 bits per heavy atom. The quantitative estimate of drug-likeness (QED) is 0.527. The van der Waals surface area contributed by atoms with Crippen molar-refractivity contribution in [3.8, 4) is 0 Å². The molecule has 4 N–H and O–H groups in total. The zero-order valence-corrected chi connectivity index (χ0v) is 17.8. The Bertz CT molecular complexity index is 1150. The number of hydrogen-bond acceptors (Lipinski definition) is 4. The van der Waals surface area contributed by atoms with Gasteiger partial charge in [0.25, 0.3) is 5.56 Å². The number of nitrogens with one attached hydrogen (secondary N) is 2. The fourth-order valence-electron chi connectivity index (χ4n) is 3.21. The number of nitrogens with zero attached hydrogens (tertiary/aromatic N) is 2. The normalized spacial score (nSPS) is 10.6. The number of nitrogen functional groups attached to an aromatic ring is 1. The molecule has 0 aliphatic heterocycles. The van der Waals surface area contributed by atoms with Crippen LogP contribution in [0.25, 0.3) is 0 Å². The summed E-state index contributed by atoms with van der Waals surface area (Å²) in [6.07, 6.45) is 0.729. The summed E-state index contributed by atoms with van der Waals surface area (Å²) in [5, 5.41) is 3.50. The average molecular weight is 424 g/mol. The second-order valence-electron chi connectivity index (χ2n) is 7.02. The van der Waals surface area contributed by atoms with Gasteiger partial charge in [-0.15, -0.1) is 0 Å². The van der Waals surface area contributed by atoms with Crippen LogP contribution in [0.2, 0.25) is 0 Å². The fraction of sp³-hybridized carbons (Fsp3) is 0.227. The summed E-state index contributed by atoms with van der Waals surface area (Å²) >= 11 is 5.59. The van der Waals surface area contributed by atoms with Gasteiger partial charge in [0.05, 0.1) is 6.54 Å². The Kier molecular flexibility index (Phi) is 6.68. The molecule has 2 aromatic carbocycles. The molecule has 0 amide bonds. The van der Waals surface area contributed by atoms with Gasteiger partial charge in [-0.2, -0.15) is 0 Å². The van der Waals surface area contributed by atoms with Crippen molar-refractivity contribution in [1.82, 2.24) is 9.55 Å². The molecule has 1 aromatic heterocycles. The maximum atomic E-state index is 12.7. The van der Waals surface area contributed by atoms with Crippen LogP contribution in [0.3, 0.4) is 0 Å². The van der Waals surface area contributed by atoms with E-state index < -0.39 is 11.2 Å². The number of aryl methyl sites for hydroxylation is 1. The topological polar surface area (TPSA) is 96.2 Å². The van der Waals surface area contributed by atoms with E-state index in [1.165, 1.54) is 4.57 Å². The lowest BCUT2D eigenvalue weighted by Crippen LogP contribution is -2.43. The van der Waals surface area contributed by atoms with Gasteiger partial charge in [-0.1, -0.05) is 49.4 Å². The van der Waals surface area contributed by atoms with Crippen molar-refractivity contribution < 1.29 is 0 Å². The summed E-state index contributed by atoms with van der Waals surface area (Å²) in [5.74, 6) is 0.0782. The van der Waals surface area contributed by atoms with E-state index in [0.29, 0.717) is 11.7 Å². The molecule has 0 fully saturated rings. The van der Waals surface area contributed by atoms with Crippen LogP contribution in [0.15, 0.2) is 64.2 Å². The SMILES string of the molecule is CCCN(C(=S)Nc1cccc(C)c1)c1c(N)n(Cc2ccccc2)c(=O)[nH]c1=O. The lowest BCUT2D eigenvalue weighted by molar-refractivity contribution is 0.728. The molecule has 3 aromatic rings. The van der Waals surface area contributed by atoms with Crippen molar-refractivity contribution in [2.75, 3.05) is 22.5 Å². The Balaban J connectivity index is 2.01. The molecule has 0 radical (unpaired) electrons. The maximum absolute atomic E-state index is 12.7. The molecule has 8 heteroatoms. The van der Waals surface area contributed by atoms with Gasteiger partial charge in [-0.3, -0.25) is 14.3 Å². The Morgan fingerprint density at radius 3 is 2.57 bits per heavy atom. The van der Waals surface area contributed by atoms with Crippen molar-refractivity contribution >= 4 is 34.5 Å². The van der Waals surface area contributed by atoms with E-state index in [1.54, 1.807) is 4.90 Å². The number of rotatable bonds is 6. The summed E-state index contributed by atoms with van der Waals surface area (Å²) in [6, 6.07) is 17.2. The molecule has 1 heterocycles. The van der Waals surface area contributed by atoms with Gasteiger partial charge in [0.2, 0.25) is 0 Å². The molecule has 3 rings (SSSR count). The minimum atomic E-state index is -0.566. The number of hydrogen-bond donors (Lipinski definition) is 3. The van der Waals surface area contributed by atoms with Gasteiger partial charge in [0, 0.05) is 12.2 Å². The molecule has 30 heavy (non-hydrogen) atoms. The van der Waals surface area contributed by atoms with Gasteiger partial charge in [0.1, 0.15) is 5.82 Å². The number of nitrogens with two attached hydrogens (primary N) is 1. The summed E-state index contributed by atoms with van der Waals surface area (Å²) in [4.78, 5) is 29.2. The van der Waals surface area contributed by atoms with Gasteiger partial charge < -0.3 is 16.0 Å². The first kappa shape index (κ1) is 21.3. The van der Waals surface area contributed by atoms with Gasteiger partial charge in [-0.05, 0) is 48.8 Å². The summed E-state index contributed by atoms with van der Waals surface area (Å²) in [6.45, 7) is 4.68. The molecular weight excluding hydrogens is 398 g/mol. The van der Waals surface area contributed by atoms with Crippen LogP contribution >= 0.6 is 12.2 Å². The molecule has 0 atom stereocenters. The Labute approximate surface area is 180 Å². The smallest absolute Gasteiger partial charge is 0.330 e. The van der Waals surface area contributed by atoms with Gasteiger partial charge >= 0.3 is 5.69 Å². The third kappa shape index (κ3) is 4.77. The summed E-state index contributed by atoms with van der Waals surface area (Å²) in [5.41, 5.74) is 8.17. The first-order chi connectivity index (χ1) is 14.4. The maximum Gasteiger partial charge on any atom is 0.330 e. The highest BCUT2D eigenvalue weighted by Crippen LogP contribution is 2.20. The van der Waals surface area contributed by atoms with Crippen molar-refractivity contribution in [1.29, 1.82) is 0 Å². The zero-order valence-electron chi connectivity index (χ0n) is 17.0. The highest BCUT2D eigenvalue weighted by Gasteiger charge is 2.22. The van der Waals surface area contributed by atoms with Gasteiger partial charge in [0.15, 0.2) is 10.8 Å². The van der Waals surface area contributed by atoms with E-state index in [2.05, 4.69) is 10.3 Å². The third-order valence-electron chi connectivity index (χ3n) is 4.63. The van der Waals surface area contributed by atoms with Crippen molar-refractivity contribution in [3.05, 3.63) is 86.6 Å². The number of benzene rings is 2. The number of thiocarbonyl (C=S) groups is 1. The number of anilines is 3. The van der Waals surface area contributed by atoms with Crippen LogP contribution in [0, 0.1) is 6.92 Å². The highest BCUT2D eigenvalue weighted by molar-refractivity contribution is 7.80. The Morgan fingerprint density at radius 2 is 1.90 bits per heavy atom. The van der Waals surface area contributed by atoms with Gasteiger partial charge in [-0.25, -0.2) is 4.79 Å². The van der Waals surface area contributed by atoms with E-state index >= 15 is 0 Å².